The molecule has 0 aromatic heterocycles. The summed E-state index contributed by atoms with van der Waals surface area (Å²) in [6, 6.07) is 3.74. The van der Waals surface area contributed by atoms with E-state index in [1.807, 2.05) is 0 Å². The van der Waals surface area contributed by atoms with E-state index >= 15 is 0 Å². The second-order valence-corrected chi connectivity index (χ2v) is 6.39. The van der Waals surface area contributed by atoms with Crippen molar-refractivity contribution in [2.45, 2.75) is 24.0 Å². The van der Waals surface area contributed by atoms with Crippen molar-refractivity contribution in [1.82, 2.24) is 0 Å². The maximum atomic E-state index is 11.9. The maximum absolute atomic E-state index is 11.9. The highest BCUT2D eigenvalue weighted by atomic mass is 35.5. The second-order valence-electron chi connectivity index (χ2n) is 3.72. The number of alkyl halides is 1. The number of nitro benzene ring substituents is 1. The minimum Gasteiger partial charge on any atom is -0.258 e. The van der Waals surface area contributed by atoms with Crippen molar-refractivity contribution in [1.29, 1.82) is 0 Å². The Hall–Kier alpha value is -1.14. The van der Waals surface area contributed by atoms with Crippen LogP contribution in [0.25, 0.3) is 0 Å². The summed E-state index contributed by atoms with van der Waals surface area (Å²) >= 11 is 5.52. The normalized spacial score (nSPS) is 13.4. The summed E-state index contributed by atoms with van der Waals surface area (Å²) in [7, 11) is -3.51. The summed E-state index contributed by atoms with van der Waals surface area (Å²) in [6.45, 7) is 3.00. The van der Waals surface area contributed by atoms with E-state index in [9.17, 15) is 18.5 Å². The largest absolute Gasteiger partial charge is 0.272 e. The average Bonchev–Trinajstić information content (AvgIpc) is 2.27. The van der Waals surface area contributed by atoms with Gasteiger partial charge in [-0.3, -0.25) is 10.1 Å². The Bertz CT molecular complexity index is 541. The predicted molar refractivity (Wildman–Crippen MR) is 65.2 cm³/mol. The molecule has 0 aliphatic rings. The van der Waals surface area contributed by atoms with Gasteiger partial charge in [0.05, 0.1) is 15.1 Å². The van der Waals surface area contributed by atoms with Crippen LogP contribution in [0.4, 0.5) is 5.69 Å². The molecule has 0 aliphatic heterocycles. The second kappa shape index (κ2) is 5.01. The van der Waals surface area contributed by atoms with E-state index in [0.29, 0.717) is 5.56 Å². The van der Waals surface area contributed by atoms with Crippen molar-refractivity contribution >= 4 is 27.1 Å². The van der Waals surface area contributed by atoms with E-state index in [4.69, 9.17) is 11.6 Å². The van der Waals surface area contributed by atoms with Crippen molar-refractivity contribution in [3.8, 4) is 0 Å². The van der Waals surface area contributed by atoms with Crippen LogP contribution < -0.4 is 0 Å². The van der Waals surface area contributed by atoms with Gasteiger partial charge in [-0.25, -0.2) is 8.42 Å². The highest BCUT2D eigenvalue weighted by Gasteiger charge is 2.24. The molecule has 1 atom stereocenters. The monoisotopic (exact) mass is 277 g/mol. The molecule has 0 heterocycles. The summed E-state index contributed by atoms with van der Waals surface area (Å²) in [4.78, 5) is 10.1. The number of sulfone groups is 1. The van der Waals surface area contributed by atoms with Crippen LogP contribution in [0, 0.1) is 17.0 Å². The van der Waals surface area contributed by atoms with Gasteiger partial charge in [-0.2, -0.15) is 0 Å². The Morgan fingerprint density at radius 1 is 1.47 bits per heavy atom. The fourth-order valence-electron chi connectivity index (χ4n) is 1.33. The van der Waals surface area contributed by atoms with Crippen LogP contribution in [0.2, 0.25) is 0 Å². The Labute approximate surface area is 104 Å². The van der Waals surface area contributed by atoms with Crippen molar-refractivity contribution < 1.29 is 13.3 Å². The van der Waals surface area contributed by atoms with Crippen LogP contribution >= 0.6 is 11.6 Å². The van der Waals surface area contributed by atoms with Gasteiger partial charge in [0.2, 0.25) is 0 Å². The standard InChI is InChI=1S/C10H12ClNO4S/c1-7-5-9(3-4-10(7)12(13)14)17(15,16)8(2)6-11/h3-5,8H,6H2,1-2H3. The number of hydrogen-bond acceptors (Lipinski definition) is 4. The van der Waals surface area contributed by atoms with Gasteiger partial charge >= 0.3 is 0 Å². The molecule has 0 radical (unpaired) electrons. The molecular weight excluding hydrogens is 266 g/mol. The molecule has 1 rings (SSSR count). The molecule has 0 N–H and O–H groups in total. The zero-order valence-electron chi connectivity index (χ0n) is 9.38. The molecule has 0 saturated carbocycles. The molecule has 5 nitrogen and oxygen atoms in total. The quantitative estimate of drug-likeness (QED) is 0.481. The Balaban J connectivity index is 3.28. The minimum absolute atomic E-state index is 0.0155. The molecular formula is C10H12ClNO4S. The fraction of sp³-hybridized carbons (Fsp3) is 0.400. The summed E-state index contributed by atoms with van der Waals surface area (Å²) < 4.78 is 23.9. The zero-order valence-corrected chi connectivity index (χ0v) is 11.0. The van der Waals surface area contributed by atoms with E-state index < -0.39 is 20.0 Å². The highest BCUT2D eigenvalue weighted by Crippen LogP contribution is 2.24. The van der Waals surface area contributed by atoms with Crippen LogP contribution in [0.3, 0.4) is 0 Å². The van der Waals surface area contributed by atoms with Gasteiger partial charge in [0.1, 0.15) is 0 Å². The van der Waals surface area contributed by atoms with E-state index in [-0.39, 0.29) is 16.5 Å². The van der Waals surface area contributed by atoms with Crippen LogP contribution in [0.15, 0.2) is 23.1 Å². The third kappa shape index (κ3) is 2.76. The molecule has 17 heavy (non-hydrogen) atoms. The predicted octanol–water partition coefficient (Wildman–Crippen LogP) is 2.30. The summed E-state index contributed by atoms with van der Waals surface area (Å²) in [6.07, 6.45) is 0. The summed E-state index contributed by atoms with van der Waals surface area (Å²) in [5.74, 6) is -0.0155. The van der Waals surface area contributed by atoms with Crippen LogP contribution in [0.5, 0.6) is 0 Å². The number of benzene rings is 1. The molecule has 0 bridgehead atoms. The van der Waals surface area contributed by atoms with Gasteiger partial charge in [0.15, 0.2) is 9.84 Å². The number of nitro groups is 1. The molecule has 0 saturated heterocycles. The van der Waals surface area contributed by atoms with Gasteiger partial charge in [-0.15, -0.1) is 11.6 Å². The fourth-order valence-corrected chi connectivity index (χ4v) is 3.05. The first-order valence-electron chi connectivity index (χ1n) is 4.85. The Morgan fingerprint density at radius 2 is 2.06 bits per heavy atom. The highest BCUT2D eigenvalue weighted by molar-refractivity contribution is 7.92. The molecule has 1 unspecified atom stereocenters. The average molecular weight is 278 g/mol. The third-order valence-corrected chi connectivity index (χ3v) is 5.22. The van der Waals surface area contributed by atoms with Crippen molar-refractivity contribution in [3.63, 3.8) is 0 Å². The molecule has 7 heteroatoms. The SMILES string of the molecule is Cc1cc(S(=O)(=O)C(C)CCl)ccc1[N+](=O)[O-]. The number of aryl methyl sites for hydroxylation is 1. The number of rotatable bonds is 4. The van der Waals surface area contributed by atoms with Gasteiger partial charge in [0, 0.05) is 17.5 Å². The lowest BCUT2D eigenvalue weighted by atomic mass is 10.2. The first-order valence-corrected chi connectivity index (χ1v) is 6.93. The number of halogens is 1. The lowest BCUT2D eigenvalue weighted by Crippen LogP contribution is -2.19. The molecule has 1 aromatic carbocycles. The Kier molecular flexibility index (Phi) is 4.11. The van der Waals surface area contributed by atoms with Gasteiger partial charge in [-0.05, 0) is 26.0 Å². The zero-order chi connectivity index (χ0) is 13.2. The van der Waals surface area contributed by atoms with E-state index in [0.717, 1.165) is 0 Å². The van der Waals surface area contributed by atoms with E-state index in [1.54, 1.807) is 0 Å². The molecule has 0 spiro atoms. The smallest absolute Gasteiger partial charge is 0.258 e. The molecule has 1 aromatic rings. The van der Waals surface area contributed by atoms with Crippen molar-refractivity contribution in [2.75, 3.05) is 5.88 Å². The summed E-state index contributed by atoms with van der Waals surface area (Å²) in [5.41, 5.74) is 0.223. The molecule has 0 aliphatic carbocycles. The first kappa shape index (κ1) is 13.9. The van der Waals surface area contributed by atoms with Crippen molar-refractivity contribution in [2.24, 2.45) is 0 Å². The number of hydrogen-bond donors (Lipinski definition) is 0. The third-order valence-electron chi connectivity index (χ3n) is 2.44. The summed E-state index contributed by atoms with van der Waals surface area (Å²) in [5, 5.41) is 9.89. The van der Waals surface area contributed by atoms with Crippen LogP contribution in [-0.2, 0) is 9.84 Å². The lowest BCUT2D eigenvalue weighted by molar-refractivity contribution is -0.385. The van der Waals surface area contributed by atoms with Gasteiger partial charge < -0.3 is 0 Å². The molecule has 0 fully saturated rings. The Morgan fingerprint density at radius 3 is 2.47 bits per heavy atom. The number of nitrogens with zero attached hydrogens (tertiary/aromatic N) is 1. The van der Waals surface area contributed by atoms with Gasteiger partial charge in [-0.1, -0.05) is 0 Å². The van der Waals surface area contributed by atoms with E-state index in [2.05, 4.69) is 0 Å². The molecule has 94 valence electrons. The topological polar surface area (TPSA) is 77.3 Å². The van der Waals surface area contributed by atoms with Crippen molar-refractivity contribution in [3.05, 3.63) is 33.9 Å². The maximum Gasteiger partial charge on any atom is 0.272 e. The molecule has 0 amide bonds. The first-order chi connectivity index (χ1) is 7.80. The van der Waals surface area contributed by atoms with E-state index in [1.165, 1.54) is 32.0 Å². The minimum atomic E-state index is -3.51. The van der Waals surface area contributed by atoms with Crippen LogP contribution in [0.1, 0.15) is 12.5 Å². The van der Waals surface area contributed by atoms with Gasteiger partial charge in [0.25, 0.3) is 5.69 Å². The van der Waals surface area contributed by atoms with Crippen LogP contribution in [-0.4, -0.2) is 24.5 Å². The lowest BCUT2D eigenvalue weighted by Gasteiger charge is -2.10.